The van der Waals surface area contributed by atoms with Crippen LogP contribution >= 0.6 is 24.0 Å². The molecule has 3 aromatic rings. The highest BCUT2D eigenvalue weighted by Crippen LogP contribution is 2.24. The zero-order valence-corrected chi connectivity index (χ0v) is 14.1. The molecule has 5 heteroatoms. The quantitative estimate of drug-likeness (QED) is 0.515. The number of benzene rings is 2. The highest BCUT2D eigenvalue weighted by molar-refractivity contribution is 7.98. The molecular weight excluding hydrogens is 310 g/mol. The fourth-order valence-electron chi connectivity index (χ4n) is 2.39. The average molecular weight is 327 g/mol. The fraction of sp³-hybridized carbons (Fsp3) is 0.118. The van der Waals surface area contributed by atoms with Gasteiger partial charge in [-0.15, -0.1) is 11.8 Å². The molecule has 1 aromatic heterocycles. The number of nitrogens with one attached hydrogen (secondary N) is 2. The standard InChI is InChI=1S/C17H17N3S2/c1-12-16(13-6-4-3-5-7-13)20(17(21)18-12)19-14-8-10-15(22-2)11-9-14/h3-11,19H,1-2H3,(H,18,21). The topological polar surface area (TPSA) is 32.8 Å². The van der Waals surface area contributed by atoms with Crippen molar-refractivity contribution < 1.29 is 0 Å². The Labute approximate surface area is 139 Å². The number of aromatic nitrogens is 2. The third kappa shape index (κ3) is 2.96. The number of H-pyrrole nitrogens is 1. The minimum atomic E-state index is 0.658. The number of rotatable bonds is 4. The summed E-state index contributed by atoms with van der Waals surface area (Å²) in [6.45, 7) is 2.03. The molecule has 0 atom stereocenters. The van der Waals surface area contributed by atoms with E-state index in [4.69, 9.17) is 12.2 Å². The summed E-state index contributed by atoms with van der Waals surface area (Å²) in [4.78, 5) is 4.47. The Balaban J connectivity index is 2.01. The second-order valence-electron chi connectivity index (χ2n) is 4.95. The van der Waals surface area contributed by atoms with Gasteiger partial charge in [-0.05, 0) is 49.7 Å². The number of aromatic amines is 1. The van der Waals surface area contributed by atoms with Crippen molar-refractivity contribution >= 4 is 29.7 Å². The van der Waals surface area contributed by atoms with Gasteiger partial charge in [0.1, 0.15) is 0 Å². The molecule has 0 saturated carbocycles. The summed E-state index contributed by atoms with van der Waals surface area (Å²) >= 11 is 7.18. The number of nitrogens with zero attached hydrogens (tertiary/aromatic N) is 1. The van der Waals surface area contributed by atoms with Crippen molar-refractivity contribution in [2.75, 3.05) is 11.7 Å². The zero-order valence-electron chi connectivity index (χ0n) is 12.5. The van der Waals surface area contributed by atoms with E-state index in [1.165, 1.54) is 4.90 Å². The van der Waals surface area contributed by atoms with Crippen molar-refractivity contribution in [3.05, 3.63) is 65.1 Å². The summed E-state index contributed by atoms with van der Waals surface area (Å²) in [6.07, 6.45) is 2.07. The SMILES string of the molecule is CSc1ccc(Nn2c(-c3ccccc3)c(C)[nH]c2=S)cc1. The monoisotopic (exact) mass is 327 g/mol. The smallest absolute Gasteiger partial charge is 0.197 e. The van der Waals surface area contributed by atoms with Crippen LogP contribution in [0.1, 0.15) is 5.69 Å². The van der Waals surface area contributed by atoms with Crippen LogP contribution < -0.4 is 5.43 Å². The van der Waals surface area contributed by atoms with Crippen molar-refractivity contribution in [1.82, 2.24) is 9.66 Å². The minimum absolute atomic E-state index is 0.658. The van der Waals surface area contributed by atoms with Crippen molar-refractivity contribution in [3.8, 4) is 11.3 Å². The molecule has 2 aromatic carbocycles. The van der Waals surface area contributed by atoms with E-state index in [1.54, 1.807) is 11.8 Å². The van der Waals surface area contributed by atoms with Gasteiger partial charge in [-0.25, -0.2) is 4.68 Å². The fourth-order valence-corrected chi connectivity index (χ4v) is 3.09. The van der Waals surface area contributed by atoms with Crippen LogP contribution in [0.2, 0.25) is 0 Å². The van der Waals surface area contributed by atoms with Gasteiger partial charge in [0.05, 0.1) is 11.4 Å². The second kappa shape index (κ2) is 6.42. The number of hydrogen-bond donors (Lipinski definition) is 2. The lowest BCUT2D eigenvalue weighted by Crippen LogP contribution is -2.10. The van der Waals surface area contributed by atoms with Crippen molar-refractivity contribution in [2.45, 2.75) is 11.8 Å². The number of aryl methyl sites for hydroxylation is 1. The Hall–Kier alpha value is -1.98. The first-order valence-corrected chi connectivity index (χ1v) is 8.60. The summed E-state index contributed by atoms with van der Waals surface area (Å²) < 4.78 is 2.58. The van der Waals surface area contributed by atoms with Gasteiger partial charge >= 0.3 is 0 Å². The molecule has 0 spiro atoms. The summed E-state index contributed by atoms with van der Waals surface area (Å²) in [5.74, 6) is 0. The summed E-state index contributed by atoms with van der Waals surface area (Å²) in [5.41, 5.74) is 7.61. The molecule has 0 radical (unpaired) electrons. The average Bonchev–Trinajstić information content (AvgIpc) is 2.83. The van der Waals surface area contributed by atoms with Gasteiger partial charge in [-0.3, -0.25) is 5.43 Å². The van der Waals surface area contributed by atoms with E-state index >= 15 is 0 Å². The van der Waals surface area contributed by atoms with E-state index < -0.39 is 0 Å². The Morgan fingerprint density at radius 3 is 2.36 bits per heavy atom. The molecule has 0 aliphatic carbocycles. The van der Waals surface area contributed by atoms with Crippen LogP contribution in [0.3, 0.4) is 0 Å². The maximum absolute atomic E-state index is 5.45. The molecule has 3 nitrogen and oxygen atoms in total. The van der Waals surface area contributed by atoms with Crippen LogP contribution in [0.15, 0.2) is 59.5 Å². The van der Waals surface area contributed by atoms with Crippen molar-refractivity contribution in [1.29, 1.82) is 0 Å². The van der Waals surface area contributed by atoms with Crippen LogP contribution in [0.5, 0.6) is 0 Å². The number of thioether (sulfide) groups is 1. The molecule has 22 heavy (non-hydrogen) atoms. The molecule has 0 unspecified atom stereocenters. The van der Waals surface area contributed by atoms with Crippen LogP contribution in [-0.2, 0) is 0 Å². The molecular formula is C17H17N3S2. The highest BCUT2D eigenvalue weighted by Gasteiger charge is 2.11. The molecule has 112 valence electrons. The summed E-state index contributed by atoms with van der Waals surface area (Å²) in [7, 11) is 0. The van der Waals surface area contributed by atoms with E-state index in [0.29, 0.717) is 4.77 Å². The van der Waals surface area contributed by atoms with Crippen LogP contribution in [0.4, 0.5) is 5.69 Å². The molecule has 0 aliphatic heterocycles. The first kappa shape index (κ1) is 14.9. The summed E-state index contributed by atoms with van der Waals surface area (Å²) in [6, 6.07) is 18.6. The third-order valence-corrected chi connectivity index (χ3v) is 4.48. The largest absolute Gasteiger partial charge is 0.333 e. The van der Waals surface area contributed by atoms with E-state index in [9.17, 15) is 0 Å². The molecule has 0 saturated heterocycles. The lowest BCUT2D eigenvalue weighted by atomic mass is 10.1. The third-order valence-electron chi connectivity index (χ3n) is 3.45. The minimum Gasteiger partial charge on any atom is -0.333 e. The highest BCUT2D eigenvalue weighted by atomic mass is 32.2. The number of anilines is 1. The Morgan fingerprint density at radius 2 is 1.73 bits per heavy atom. The normalized spacial score (nSPS) is 10.6. The van der Waals surface area contributed by atoms with Gasteiger partial charge in [0.15, 0.2) is 4.77 Å². The first-order valence-electron chi connectivity index (χ1n) is 6.97. The molecule has 0 aliphatic rings. The zero-order chi connectivity index (χ0) is 15.5. The summed E-state index contributed by atoms with van der Waals surface area (Å²) in [5, 5.41) is 0. The van der Waals surface area contributed by atoms with Gasteiger partial charge in [-0.1, -0.05) is 30.3 Å². The lowest BCUT2D eigenvalue weighted by molar-refractivity contribution is 0.942. The number of hydrogen-bond acceptors (Lipinski definition) is 3. The lowest BCUT2D eigenvalue weighted by Gasteiger charge is -2.12. The molecule has 3 rings (SSSR count). The molecule has 0 fully saturated rings. The first-order chi connectivity index (χ1) is 10.7. The Morgan fingerprint density at radius 1 is 1.05 bits per heavy atom. The van der Waals surface area contributed by atoms with E-state index in [-0.39, 0.29) is 0 Å². The Bertz CT molecular complexity index is 817. The maximum Gasteiger partial charge on any atom is 0.197 e. The molecule has 0 bridgehead atoms. The van der Waals surface area contributed by atoms with E-state index in [2.05, 4.69) is 53.1 Å². The van der Waals surface area contributed by atoms with Gasteiger partial charge in [0.25, 0.3) is 0 Å². The van der Waals surface area contributed by atoms with Crippen LogP contribution in [0.25, 0.3) is 11.3 Å². The van der Waals surface area contributed by atoms with Gasteiger partial charge < -0.3 is 4.98 Å². The van der Waals surface area contributed by atoms with Gasteiger partial charge in [-0.2, -0.15) is 0 Å². The number of imidazole rings is 1. The second-order valence-corrected chi connectivity index (χ2v) is 6.21. The molecule has 0 amide bonds. The van der Waals surface area contributed by atoms with Crippen LogP contribution in [0, 0.1) is 11.7 Å². The maximum atomic E-state index is 5.45. The van der Waals surface area contributed by atoms with Crippen molar-refractivity contribution in [2.24, 2.45) is 0 Å². The predicted octanol–water partition coefficient (Wildman–Crippen LogP) is 5.12. The molecule has 1 heterocycles. The van der Waals surface area contributed by atoms with Crippen molar-refractivity contribution in [3.63, 3.8) is 0 Å². The van der Waals surface area contributed by atoms with E-state index in [0.717, 1.165) is 22.6 Å². The molecule has 2 N–H and O–H groups in total. The van der Waals surface area contributed by atoms with E-state index in [1.807, 2.05) is 29.8 Å². The van der Waals surface area contributed by atoms with Gasteiger partial charge in [0, 0.05) is 16.2 Å². The van der Waals surface area contributed by atoms with Crippen LogP contribution in [-0.4, -0.2) is 15.9 Å². The Kier molecular flexibility index (Phi) is 4.36. The predicted molar refractivity (Wildman–Crippen MR) is 97.0 cm³/mol. The van der Waals surface area contributed by atoms with Gasteiger partial charge in [0.2, 0.25) is 0 Å².